The molecule has 0 amide bonds. The molecule has 1 rings (SSSR count). The van der Waals surface area contributed by atoms with E-state index in [9.17, 15) is 13.2 Å². The summed E-state index contributed by atoms with van der Waals surface area (Å²) in [6.07, 6.45) is -2.24. The van der Waals surface area contributed by atoms with E-state index < -0.39 is 12.1 Å². The minimum absolute atomic E-state index is 0.0347. The van der Waals surface area contributed by atoms with E-state index in [0.717, 1.165) is 19.4 Å². The zero-order valence-corrected chi connectivity index (χ0v) is 9.27. The van der Waals surface area contributed by atoms with E-state index in [1.807, 2.05) is 18.7 Å². The first-order valence-electron chi connectivity index (χ1n) is 5.29. The number of nitrogens with zero attached hydrogens (tertiary/aromatic N) is 1. The van der Waals surface area contributed by atoms with Crippen LogP contribution in [0, 0.1) is 5.92 Å². The molecule has 1 fully saturated rings. The second kappa shape index (κ2) is 4.29. The monoisotopic (exact) mass is 224 g/mol. The number of hydrogen-bond donors (Lipinski definition) is 1. The summed E-state index contributed by atoms with van der Waals surface area (Å²) >= 11 is 0. The number of hydrogen-bond acceptors (Lipinski definition) is 2. The van der Waals surface area contributed by atoms with Crippen molar-refractivity contribution in [2.45, 2.75) is 38.4 Å². The molecule has 1 aliphatic rings. The average molecular weight is 224 g/mol. The van der Waals surface area contributed by atoms with Crippen molar-refractivity contribution in [3.8, 4) is 0 Å². The maximum absolute atomic E-state index is 12.5. The maximum Gasteiger partial charge on any atom is 0.394 e. The second-order valence-electron chi connectivity index (χ2n) is 4.84. The fourth-order valence-corrected chi connectivity index (χ4v) is 2.08. The van der Waals surface area contributed by atoms with Crippen LogP contribution in [0.1, 0.15) is 26.7 Å². The van der Waals surface area contributed by atoms with Crippen molar-refractivity contribution in [1.29, 1.82) is 0 Å². The first kappa shape index (κ1) is 12.8. The Hall–Kier alpha value is -0.290. The van der Waals surface area contributed by atoms with Crippen molar-refractivity contribution in [2.75, 3.05) is 19.6 Å². The lowest BCUT2D eigenvalue weighted by atomic mass is 10.0. The van der Waals surface area contributed by atoms with Gasteiger partial charge in [-0.15, -0.1) is 0 Å². The Balaban J connectivity index is 2.60. The van der Waals surface area contributed by atoms with Crippen molar-refractivity contribution in [2.24, 2.45) is 11.7 Å². The van der Waals surface area contributed by atoms with E-state index >= 15 is 0 Å². The molecule has 0 radical (unpaired) electrons. The molecular weight excluding hydrogens is 205 g/mol. The molecule has 0 aromatic heterocycles. The van der Waals surface area contributed by atoms with Gasteiger partial charge in [-0.05, 0) is 33.2 Å². The van der Waals surface area contributed by atoms with Gasteiger partial charge < -0.3 is 5.73 Å². The van der Waals surface area contributed by atoms with Crippen molar-refractivity contribution in [1.82, 2.24) is 4.90 Å². The second-order valence-corrected chi connectivity index (χ2v) is 4.84. The Labute approximate surface area is 88.6 Å². The molecule has 0 aliphatic carbocycles. The predicted molar refractivity (Wildman–Crippen MR) is 53.5 cm³/mol. The van der Waals surface area contributed by atoms with Gasteiger partial charge in [0.2, 0.25) is 0 Å². The summed E-state index contributed by atoms with van der Waals surface area (Å²) < 4.78 is 37.6. The van der Waals surface area contributed by atoms with Gasteiger partial charge >= 0.3 is 6.18 Å². The fourth-order valence-electron chi connectivity index (χ4n) is 2.08. The third-order valence-corrected chi connectivity index (χ3v) is 3.26. The van der Waals surface area contributed by atoms with Crippen molar-refractivity contribution in [3.05, 3.63) is 0 Å². The van der Waals surface area contributed by atoms with Gasteiger partial charge in [-0.3, -0.25) is 4.90 Å². The highest BCUT2D eigenvalue weighted by Gasteiger charge is 2.42. The SMILES string of the molecule is CC1(C)CCCN1CC(CN)C(F)(F)F. The predicted octanol–water partition coefficient (Wildman–Crippen LogP) is 2.00. The molecule has 2 N–H and O–H groups in total. The minimum Gasteiger partial charge on any atom is -0.330 e. The highest BCUT2D eigenvalue weighted by Crippen LogP contribution is 2.33. The van der Waals surface area contributed by atoms with Crippen LogP contribution < -0.4 is 5.73 Å². The molecule has 1 saturated heterocycles. The normalized spacial score (nSPS) is 24.4. The summed E-state index contributed by atoms with van der Waals surface area (Å²) in [4.78, 5) is 1.90. The van der Waals surface area contributed by atoms with E-state index in [4.69, 9.17) is 5.73 Å². The zero-order valence-electron chi connectivity index (χ0n) is 9.27. The molecule has 2 nitrogen and oxygen atoms in total. The van der Waals surface area contributed by atoms with Gasteiger partial charge in [0.1, 0.15) is 0 Å². The fraction of sp³-hybridized carbons (Fsp3) is 1.00. The molecule has 5 heteroatoms. The summed E-state index contributed by atoms with van der Waals surface area (Å²) in [7, 11) is 0. The summed E-state index contributed by atoms with van der Waals surface area (Å²) in [6.45, 7) is 4.44. The van der Waals surface area contributed by atoms with Crippen LogP contribution in [0.3, 0.4) is 0 Å². The van der Waals surface area contributed by atoms with Crippen LogP contribution in [0.2, 0.25) is 0 Å². The van der Waals surface area contributed by atoms with Crippen molar-refractivity contribution >= 4 is 0 Å². The van der Waals surface area contributed by atoms with Crippen molar-refractivity contribution < 1.29 is 13.2 Å². The molecule has 0 bridgehead atoms. The van der Waals surface area contributed by atoms with Crippen LogP contribution >= 0.6 is 0 Å². The topological polar surface area (TPSA) is 29.3 Å². The molecular formula is C10H19F3N2. The molecule has 0 aromatic carbocycles. The van der Waals surface area contributed by atoms with Gasteiger partial charge in [-0.25, -0.2) is 0 Å². The lowest BCUT2D eigenvalue weighted by molar-refractivity contribution is -0.178. The third-order valence-electron chi connectivity index (χ3n) is 3.26. The largest absolute Gasteiger partial charge is 0.394 e. The summed E-state index contributed by atoms with van der Waals surface area (Å²) in [5.74, 6) is -1.39. The van der Waals surface area contributed by atoms with Gasteiger partial charge in [0.15, 0.2) is 0 Å². The van der Waals surface area contributed by atoms with Crippen molar-refractivity contribution in [3.63, 3.8) is 0 Å². The summed E-state index contributed by atoms with van der Waals surface area (Å²) in [6, 6.07) is 0. The number of nitrogens with two attached hydrogens (primary N) is 1. The van der Waals surface area contributed by atoms with Crippen LogP contribution in [0.15, 0.2) is 0 Å². The zero-order chi connectivity index (χ0) is 11.7. The van der Waals surface area contributed by atoms with Gasteiger partial charge in [-0.2, -0.15) is 13.2 Å². The average Bonchev–Trinajstić information content (AvgIpc) is 2.39. The van der Waals surface area contributed by atoms with Crippen LogP contribution in [-0.4, -0.2) is 36.2 Å². The molecule has 1 unspecified atom stereocenters. The molecule has 15 heavy (non-hydrogen) atoms. The first-order chi connectivity index (χ1) is 6.77. The summed E-state index contributed by atoms with van der Waals surface area (Å²) in [5.41, 5.74) is 5.07. The van der Waals surface area contributed by atoms with Gasteiger partial charge in [0.05, 0.1) is 5.92 Å². The van der Waals surface area contributed by atoms with E-state index in [0.29, 0.717) is 0 Å². The van der Waals surface area contributed by atoms with E-state index in [1.165, 1.54) is 0 Å². The number of halogens is 3. The van der Waals surface area contributed by atoms with Crippen LogP contribution in [0.25, 0.3) is 0 Å². The Morgan fingerprint density at radius 1 is 1.40 bits per heavy atom. The Kier molecular flexibility index (Phi) is 3.66. The molecule has 0 spiro atoms. The van der Waals surface area contributed by atoms with E-state index in [-0.39, 0.29) is 18.6 Å². The quantitative estimate of drug-likeness (QED) is 0.794. The Morgan fingerprint density at radius 3 is 2.33 bits per heavy atom. The molecule has 1 atom stereocenters. The number of rotatable bonds is 3. The highest BCUT2D eigenvalue weighted by atomic mass is 19.4. The molecule has 0 saturated carbocycles. The Bertz CT molecular complexity index is 213. The van der Waals surface area contributed by atoms with Gasteiger partial charge in [-0.1, -0.05) is 0 Å². The van der Waals surface area contributed by atoms with Crippen LogP contribution in [-0.2, 0) is 0 Å². The lowest BCUT2D eigenvalue weighted by Crippen LogP contribution is -2.46. The Morgan fingerprint density at radius 2 is 2.00 bits per heavy atom. The van der Waals surface area contributed by atoms with Gasteiger partial charge in [0, 0.05) is 18.6 Å². The smallest absolute Gasteiger partial charge is 0.330 e. The third kappa shape index (κ3) is 3.08. The standard InChI is InChI=1S/C10H19F3N2/c1-9(2)4-3-5-15(9)7-8(6-14)10(11,12)13/h8H,3-7,14H2,1-2H3. The van der Waals surface area contributed by atoms with Crippen LogP contribution in [0.5, 0.6) is 0 Å². The number of likely N-dealkylation sites (tertiary alicyclic amines) is 1. The van der Waals surface area contributed by atoms with Gasteiger partial charge in [0.25, 0.3) is 0 Å². The lowest BCUT2D eigenvalue weighted by Gasteiger charge is -2.34. The van der Waals surface area contributed by atoms with E-state index in [2.05, 4.69) is 0 Å². The number of alkyl halides is 3. The summed E-state index contributed by atoms with van der Waals surface area (Å²) in [5, 5.41) is 0. The molecule has 1 heterocycles. The highest BCUT2D eigenvalue weighted by molar-refractivity contribution is 4.89. The molecule has 0 aromatic rings. The molecule has 90 valence electrons. The first-order valence-corrected chi connectivity index (χ1v) is 5.29. The van der Waals surface area contributed by atoms with Crippen LogP contribution in [0.4, 0.5) is 13.2 Å². The minimum atomic E-state index is -4.17. The van der Waals surface area contributed by atoms with E-state index in [1.54, 1.807) is 0 Å². The molecule has 1 aliphatic heterocycles. The maximum atomic E-state index is 12.5.